The van der Waals surface area contributed by atoms with Crippen LogP contribution in [0.4, 0.5) is 4.79 Å². The highest BCUT2D eigenvalue weighted by atomic mass is 35.5. The predicted octanol–water partition coefficient (Wildman–Crippen LogP) is 3.94. The molecular weight excluding hydrogens is 380 g/mol. The van der Waals surface area contributed by atoms with Crippen LogP contribution in [-0.2, 0) is 9.53 Å². The Morgan fingerprint density at radius 3 is 2.21 bits per heavy atom. The maximum atomic E-state index is 12.2. The average molecular weight is 407 g/mol. The number of carbonyl (C=O) groups excluding carboxylic acids is 1. The van der Waals surface area contributed by atoms with Crippen LogP contribution in [0.15, 0.2) is 42.5 Å². The molecule has 1 amide bonds. The molecule has 1 atom stereocenters. The van der Waals surface area contributed by atoms with Crippen molar-refractivity contribution in [3.8, 4) is 0 Å². The molecular formula is C21H27ClN2O4. The molecule has 28 heavy (non-hydrogen) atoms. The first-order chi connectivity index (χ1) is 12.8. The van der Waals surface area contributed by atoms with E-state index in [1.807, 2.05) is 68.1 Å². The molecule has 0 aliphatic carbocycles. The number of carboxylic acid groups (broad SMARTS) is 1. The molecule has 2 aromatic rings. The van der Waals surface area contributed by atoms with Crippen molar-refractivity contribution in [1.29, 1.82) is 0 Å². The molecule has 0 spiro atoms. The van der Waals surface area contributed by atoms with Gasteiger partial charge in [-0.25, -0.2) is 4.79 Å². The van der Waals surface area contributed by atoms with E-state index in [9.17, 15) is 14.7 Å². The van der Waals surface area contributed by atoms with E-state index in [0.717, 1.165) is 16.3 Å². The minimum Gasteiger partial charge on any atom is -0.480 e. The first-order valence-corrected chi connectivity index (χ1v) is 9.19. The number of ether oxygens (including phenoxy) is 1. The maximum Gasteiger partial charge on any atom is 0.410 e. The molecule has 1 aliphatic heterocycles. The third kappa shape index (κ3) is 4.94. The Morgan fingerprint density at radius 1 is 1.00 bits per heavy atom. The molecule has 3 rings (SSSR count). The number of benzene rings is 2. The molecule has 0 radical (unpaired) electrons. The first-order valence-electron chi connectivity index (χ1n) is 9.19. The van der Waals surface area contributed by atoms with Gasteiger partial charge in [-0.3, -0.25) is 9.69 Å². The average Bonchev–Trinajstić information content (AvgIpc) is 2.61. The van der Waals surface area contributed by atoms with Crippen LogP contribution in [0.3, 0.4) is 0 Å². The predicted molar refractivity (Wildman–Crippen MR) is 111 cm³/mol. The zero-order valence-electron chi connectivity index (χ0n) is 16.4. The summed E-state index contributed by atoms with van der Waals surface area (Å²) in [5.41, 5.74) is 0.243. The molecule has 1 fully saturated rings. The number of halogens is 1. The topological polar surface area (TPSA) is 70.1 Å². The van der Waals surface area contributed by atoms with Gasteiger partial charge in [0.05, 0.1) is 0 Å². The third-order valence-corrected chi connectivity index (χ3v) is 4.68. The molecule has 1 heterocycles. The zero-order valence-corrected chi connectivity index (χ0v) is 17.2. The fourth-order valence-electron chi connectivity index (χ4n) is 3.46. The summed E-state index contributed by atoms with van der Waals surface area (Å²) >= 11 is 0. The van der Waals surface area contributed by atoms with E-state index in [2.05, 4.69) is 0 Å². The van der Waals surface area contributed by atoms with E-state index in [4.69, 9.17) is 4.74 Å². The summed E-state index contributed by atoms with van der Waals surface area (Å²) in [6.45, 7) is 7.37. The van der Waals surface area contributed by atoms with Gasteiger partial charge in [-0.2, -0.15) is 0 Å². The van der Waals surface area contributed by atoms with Crippen LogP contribution in [0, 0.1) is 0 Å². The Balaban J connectivity index is 0.00000280. The molecule has 6 nitrogen and oxygen atoms in total. The molecule has 152 valence electrons. The van der Waals surface area contributed by atoms with Crippen LogP contribution in [0.2, 0.25) is 0 Å². The lowest BCUT2D eigenvalue weighted by Gasteiger charge is -2.38. The highest BCUT2D eigenvalue weighted by Crippen LogP contribution is 2.29. The van der Waals surface area contributed by atoms with E-state index in [-0.39, 0.29) is 18.5 Å². The first kappa shape index (κ1) is 22.0. The van der Waals surface area contributed by atoms with Gasteiger partial charge in [-0.1, -0.05) is 42.5 Å². The lowest BCUT2D eigenvalue weighted by Crippen LogP contribution is -2.52. The lowest BCUT2D eigenvalue weighted by atomic mass is 9.97. The highest BCUT2D eigenvalue weighted by Gasteiger charge is 2.33. The number of hydrogen-bond acceptors (Lipinski definition) is 4. The second-order valence-corrected chi connectivity index (χ2v) is 7.81. The quantitative estimate of drug-likeness (QED) is 0.835. The van der Waals surface area contributed by atoms with Crippen molar-refractivity contribution >= 4 is 35.2 Å². The summed E-state index contributed by atoms with van der Waals surface area (Å²) in [5, 5.41) is 11.9. The Hall–Kier alpha value is -2.31. The van der Waals surface area contributed by atoms with Gasteiger partial charge in [0.15, 0.2) is 0 Å². The van der Waals surface area contributed by atoms with Crippen LogP contribution < -0.4 is 0 Å². The van der Waals surface area contributed by atoms with Gasteiger partial charge in [0, 0.05) is 26.2 Å². The van der Waals surface area contributed by atoms with Gasteiger partial charge in [0.25, 0.3) is 0 Å². The Bertz CT molecular complexity index is 836. The van der Waals surface area contributed by atoms with Crippen LogP contribution in [0.1, 0.15) is 32.4 Å². The van der Waals surface area contributed by atoms with Crippen molar-refractivity contribution in [2.24, 2.45) is 0 Å². The number of hydrogen-bond donors (Lipinski definition) is 1. The summed E-state index contributed by atoms with van der Waals surface area (Å²) in [5.74, 6) is -0.878. The standard InChI is InChI=1S/C21H26N2O4.ClH/c1-21(2,3)27-20(26)23-13-11-22(12-14-23)18(19(24)25)17-10-6-8-15-7-4-5-9-16(15)17;/h4-10,18H,11-14H2,1-3H3,(H,24,25);1H. The van der Waals surface area contributed by atoms with Gasteiger partial charge in [-0.15, -0.1) is 12.4 Å². The van der Waals surface area contributed by atoms with Crippen molar-refractivity contribution < 1.29 is 19.4 Å². The summed E-state index contributed by atoms with van der Waals surface area (Å²) in [4.78, 5) is 27.9. The molecule has 0 bridgehead atoms. The molecule has 1 N–H and O–H groups in total. The monoisotopic (exact) mass is 406 g/mol. The normalized spacial score (nSPS) is 16.3. The lowest BCUT2D eigenvalue weighted by molar-refractivity contribution is -0.144. The zero-order chi connectivity index (χ0) is 19.6. The van der Waals surface area contributed by atoms with Gasteiger partial charge >= 0.3 is 12.1 Å². The molecule has 0 aromatic heterocycles. The van der Waals surface area contributed by atoms with E-state index in [1.165, 1.54) is 0 Å². The second-order valence-electron chi connectivity index (χ2n) is 7.81. The van der Waals surface area contributed by atoms with Crippen LogP contribution in [0.25, 0.3) is 10.8 Å². The minimum atomic E-state index is -0.878. The molecule has 0 saturated carbocycles. The summed E-state index contributed by atoms with van der Waals surface area (Å²) in [7, 11) is 0. The van der Waals surface area contributed by atoms with Crippen molar-refractivity contribution in [3.63, 3.8) is 0 Å². The number of rotatable bonds is 3. The van der Waals surface area contributed by atoms with Crippen molar-refractivity contribution in [1.82, 2.24) is 9.80 Å². The number of carboxylic acids is 1. The fourth-order valence-corrected chi connectivity index (χ4v) is 3.46. The minimum absolute atomic E-state index is 0. The third-order valence-electron chi connectivity index (χ3n) is 4.68. The number of nitrogens with zero attached hydrogens (tertiary/aromatic N) is 2. The number of piperazine rings is 1. The van der Waals surface area contributed by atoms with Crippen molar-refractivity contribution in [2.45, 2.75) is 32.4 Å². The number of fused-ring (bicyclic) bond motifs is 1. The van der Waals surface area contributed by atoms with E-state index in [1.54, 1.807) is 4.90 Å². The summed E-state index contributed by atoms with van der Waals surface area (Å²) in [6.07, 6.45) is -0.348. The maximum absolute atomic E-state index is 12.2. The number of amides is 1. The van der Waals surface area contributed by atoms with Crippen LogP contribution in [0.5, 0.6) is 0 Å². The van der Waals surface area contributed by atoms with E-state index >= 15 is 0 Å². The van der Waals surface area contributed by atoms with Gasteiger partial charge in [-0.05, 0) is 37.1 Å². The van der Waals surface area contributed by atoms with E-state index < -0.39 is 17.6 Å². The molecule has 1 saturated heterocycles. The summed E-state index contributed by atoms with van der Waals surface area (Å²) in [6, 6.07) is 12.8. The smallest absolute Gasteiger partial charge is 0.410 e. The van der Waals surface area contributed by atoms with Crippen molar-refractivity contribution in [3.05, 3.63) is 48.0 Å². The van der Waals surface area contributed by atoms with Crippen LogP contribution in [-0.4, -0.2) is 58.7 Å². The fraction of sp³-hybridized carbons (Fsp3) is 0.429. The van der Waals surface area contributed by atoms with Crippen LogP contribution >= 0.6 is 12.4 Å². The molecule has 7 heteroatoms. The van der Waals surface area contributed by atoms with E-state index in [0.29, 0.717) is 26.2 Å². The second kappa shape index (κ2) is 8.80. The Kier molecular flexibility index (Phi) is 6.91. The summed E-state index contributed by atoms with van der Waals surface area (Å²) < 4.78 is 5.41. The Morgan fingerprint density at radius 2 is 1.61 bits per heavy atom. The number of aliphatic carboxylic acids is 1. The molecule has 2 aromatic carbocycles. The van der Waals surface area contributed by atoms with Gasteiger partial charge in [0.2, 0.25) is 0 Å². The largest absolute Gasteiger partial charge is 0.480 e. The highest BCUT2D eigenvalue weighted by molar-refractivity contribution is 5.90. The Labute approximate surface area is 171 Å². The van der Waals surface area contributed by atoms with Gasteiger partial charge < -0.3 is 14.7 Å². The van der Waals surface area contributed by atoms with Crippen molar-refractivity contribution in [2.75, 3.05) is 26.2 Å². The molecule has 1 aliphatic rings. The SMILES string of the molecule is CC(C)(C)OC(=O)N1CCN(C(C(=O)O)c2cccc3ccccc23)CC1.Cl. The number of carbonyl (C=O) groups is 2. The van der Waals surface area contributed by atoms with Gasteiger partial charge in [0.1, 0.15) is 11.6 Å². The molecule has 1 unspecified atom stereocenters.